The quantitative estimate of drug-likeness (QED) is 0.426. The van der Waals surface area contributed by atoms with Crippen LogP contribution in [0.15, 0.2) is 42.5 Å². The van der Waals surface area contributed by atoms with E-state index in [9.17, 15) is 22.8 Å². The number of anilines is 3. The van der Waals surface area contributed by atoms with Gasteiger partial charge in [0, 0.05) is 43.2 Å². The number of alkyl halides is 3. The Kier molecular flexibility index (Phi) is 9.58. The molecule has 1 heterocycles. The van der Waals surface area contributed by atoms with E-state index >= 15 is 0 Å². The Morgan fingerprint density at radius 3 is 2.25 bits per heavy atom. The molecule has 0 radical (unpaired) electrons. The molecule has 1 saturated heterocycles. The molecule has 7 nitrogen and oxygen atoms in total. The number of likely N-dealkylation sites (N-methyl/N-ethyl adjacent to an activating group) is 1. The minimum atomic E-state index is -4.51. The van der Waals surface area contributed by atoms with Gasteiger partial charge in [-0.05, 0) is 68.8 Å². The minimum Gasteiger partial charge on any atom is -0.371 e. The molecular formula is C26H34F3N5O2. The highest BCUT2D eigenvalue weighted by Gasteiger charge is 2.30. The van der Waals surface area contributed by atoms with Crippen molar-refractivity contribution in [3.05, 3.63) is 53.6 Å². The van der Waals surface area contributed by atoms with Gasteiger partial charge in [0.25, 0.3) is 5.91 Å². The molecule has 1 fully saturated rings. The number of rotatable bonds is 9. The number of nitrogens with zero attached hydrogens (tertiary/aromatic N) is 2. The number of piperidine rings is 1. The Morgan fingerprint density at radius 2 is 1.61 bits per heavy atom. The summed E-state index contributed by atoms with van der Waals surface area (Å²) in [6.45, 7) is 8.85. The molecule has 3 amide bonds. The largest absolute Gasteiger partial charge is 0.416 e. The van der Waals surface area contributed by atoms with Crippen molar-refractivity contribution < 1.29 is 22.8 Å². The van der Waals surface area contributed by atoms with E-state index in [2.05, 4.69) is 39.6 Å². The summed E-state index contributed by atoms with van der Waals surface area (Å²) in [5, 5.41) is 8.03. The molecule has 1 aliphatic heterocycles. The van der Waals surface area contributed by atoms with Crippen molar-refractivity contribution in [3.63, 3.8) is 0 Å². The average Bonchev–Trinajstić information content (AvgIpc) is 2.86. The Labute approximate surface area is 210 Å². The SMILES string of the molecule is CCN(CC)CCNC(=O)c1cc(NC(=O)Nc2cccc(C(F)(F)F)c2)ccc1N1CCCCC1. The summed E-state index contributed by atoms with van der Waals surface area (Å²) in [5.74, 6) is -0.232. The first-order valence-corrected chi connectivity index (χ1v) is 12.4. The van der Waals surface area contributed by atoms with E-state index in [0.29, 0.717) is 17.8 Å². The van der Waals surface area contributed by atoms with Crippen molar-refractivity contribution >= 4 is 29.0 Å². The number of carbonyl (C=O) groups excluding carboxylic acids is 2. The fraction of sp³-hybridized carbons (Fsp3) is 0.462. The van der Waals surface area contributed by atoms with Gasteiger partial charge >= 0.3 is 12.2 Å². The zero-order chi connectivity index (χ0) is 26.1. The lowest BCUT2D eigenvalue weighted by molar-refractivity contribution is -0.137. The van der Waals surface area contributed by atoms with Crippen LogP contribution in [0.3, 0.4) is 0 Å². The van der Waals surface area contributed by atoms with Crippen LogP contribution in [-0.4, -0.2) is 56.1 Å². The van der Waals surface area contributed by atoms with Crippen LogP contribution in [0, 0.1) is 0 Å². The first-order valence-electron chi connectivity index (χ1n) is 12.4. The molecule has 0 spiro atoms. The number of benzene rings is 2. The average molecular weight is 506 g/mol. The van der Waals surface area contributed by atoms with Crippen molar-refractivity contribution in [3.8, 4) is 0 Å². The molecule has 0 unspecified atom stereocenters. The van der Waals surface area contributed by atoms with Gasteiger partial charge in [0.1, 0.15) is 0 Å². The third kappa shape index (κ3) is 7.61. The number of amides is 3. The maximum atomic E-state index is 13.1. The summed E-state index contributed by atoms with van der Waals surface area (Å²) in [6.07, 6.45) is -1.27. The number of nitrogens with one attached hydrogen (secondary N) is 3. The Morgan fingerprint density at radius 1 is 0.944 bits per heavy atom. The monoisotopic (exact) mass is 505 g/mol. The summed E-state index contributed by atoms with van der Waals surface area (Å²) >= 11 is 0. The summed E-state index contributed by atoms with van der Waals surface area (Å²) < 4.78 is 38.9. The Balaban J connectivity index is 1.74. The molecule has 3 rings (SSSR count). The fourth-order valence-corrected chi connectivity index (χ4v) is 4.24. The third-order valence-electron chi connectivity index (χ3n) is 6.25. The number of hydrogen-bond acceptors (Lipinski definition) is 4. The first-order chi connectivity index (χ1) is 17.2. The molecule has 0 atom stereocenters. The second-order valence-electron chi connectivity index (χ2n) is 8.72. The van der Waals surface area contributed by atoms with E-state index in [1.54, 1.807) is 12.1 Å². The van der Waals surface area contributed by atoms with E-state index in [1.165, 1.54) is 12.1 Å². The van der Waals surface area contributed by atoms with Crippen molar-refractivity contribution in [2.24, 2.45) is 0 Å². The van der Waals surface area contributed by atoms with Crippen molar-refractivity contribution in [2.75, 3.05) is 54.8 Å². The Hall–Kier alpha value is -3.27. The van der Waals surface area contributed by atoms with E-state index in [1.807, 2.05) is 6.07 Å². The van der Waals surface area contributed by atoms with Crippen LogP contribution in [0.1, 0.15) is 49.0 Å². The van der Waals surface area contributed by atoms with Gasteiger partial charge in [-0.3, -0.25) is 4.79 Å². The number of halogens is 3. The van der Waals surface area contributed by atoms with Crippen LogP contribution in [0.2, 0.25) is 0 Å². The molecule has 2 aromatic carbocycles. The number of hydrogen-bond donors (Lipinski definition) is 3. The van der Waals surface area contributed by atoms with Crippen molar-refractivity contribution in [2.45, 2.75) is 39.3 Å². The van der Waals surface area contributed by atoms with E-state index in [0.717, 1.165) is 69.8 Å². The summed E-state index contributed by atoms with van der Waals surface area (Å²) in [6, 6.07) is 8.83. The molecule has 0 bridgehead atoms. The number of urea groups is 1. The number of carbonyl (C=O) groups is 2. The summed E-state index contributed by atoms with van der Waals surface area (Å²) in [5.41, 5.74) is 0.790. The van der Waals surface area contributed by atoms with Gasteiger partial charge in [-0.15, -0.1) is 0 Å². The molecule has 0 aliphatic carbocycles. The predicted octanol–water partition coefficient (Wildman–Crippen LogP) is 5.41. The second kappa shape index (κ2) is 12.6. The summed E-state index contributed by atoms with van der Waals surface area (Å²) in [4.78, 5) is 30.0. The van der Waals surface area contributed by atoms with Crippen molar-refractivity contribution in [1.82, 2.24) is 10.2 Å². The minimum absolute atomic E-state index is 0.0154. The second-order valence-corrected chi connectivity index (χ2v) is 8.72. The van der Waals surface area contributed by atoms with Gasteiger partial charge < -0.3 is 25.8 Å². The van der Waals surface area contributed by atoms with Crippen LogP contribution < -0.4 is 20.9 Å². The van der Waals surface area contributed by atoms with Crippen LogP contribution in [0.5, 0.6) is 0 Å². The van der Waals surface area contributed by atoms with Crippen LogP contribution in [-0.2, 0) is 6.18 Å². The molecule has 1 aliphatic rings. The first kappa shape index (κ1) is 27.3. The maximum absolute atomic E-state index is 13.1. The highest BCUT2D eigenvalue weighted by Crippen LogP contribution is 2.31. The van der Waals surface area contributed by atoms with E-state index in [-0.39, 0.29) is 11.6 Å². The van der Waals surface area contributed by atoms with Crippen LogP contribution in [0.4, 0.5) is 35.0 Å². The molecule has 10 heteroatoms. The standard InChI is InChI=1S/C26H34F3N5O2/c1-3-33(4-2)16-13-30-24(35)22-18-21(11-12-23(22)34-14-6-5-7-15-34)32-25(36)31-20-10-8-9-19(17-20)26(27,28)29/h8-12,17-18H,3-7,13-16H2,1-2H3,(H,30,35)(H2,31,32,36). The zero-order valence-electron chi connectivity index (χ0n) is 20.8. The molecule has 0 aromatic heterocycles. The smallest absolute Gasteiger partial charge is 0.371 e. The van der Waals surface area contributed by atoms with Crippen molar-refractivity contribution in [1.29, 1.82) is 0 Å². The van der Waals surface area contributed by atoms with Crippen LogP contribution >= 0.6 is 0 Å². The fourth-order valence-electron chi connectivity index (χ4n) is 4.24. The maximum Gasteiger partial charge on any atom is 0.416 e. The lowest BCUT2D eigenvalue weighted by atomic mass is 10.1. The van der Waals surface area contributed by atoms with E-state index < -0.39 is 17.8 Å². The topological polar surface area (TPSA) is 76.7 Å². The van der Waals surface area contributed by atoms with Gasteiger partial charge in [-0.25, -0.2) is 4.79 Å². The predicted molar refractivity (Wildman–Crippen MR) is 137 cm³/mol. The lowest BCUT2D eigenvalue weighted by Crippen LogP contribution is -2.36. The Bertz CT molecular complexity index is 1030. The molecule has 36 heavy (non-hydrogen) atoms. The van der Waals surface area contributed by atoms with Gasteiger partial charge in [0.2, 0.25) is 0 Å². The molecule has 0 saturated carbocycles. The highest BCUT2D eigenvalue weighted by atomic mass is 19.4. The van der Waals surface area contributed by atoms with Crippen LogP contribution in [0.25, 0.3) is 0 Å². The molecule has 2 aromatic rings. The third-order valence-corrected chi connectivity index (χ3v) is 6.25. The van der Waals surface area contributed by atoms with E-state index in [4.69, 9.17) is 0 Å². The lowest BCUT2D eigenvalue weighted by Gasteiger charge is -2.30. The normalized spacial score (nSPS) is 14.0. The molecular weight excluding hydrogens is 471 g/mol. The van der Waals surface area contributed by atoms with Gasteiger partial charge in [-0.2, -0.15) is 13.2 Å². The van der Waals surface area contributed by atoms with Gasteiger partial charge in [0.05, 0.1) is 11.1 Å². The molecule has 3 N–H and O–H groups in total. The highest BCUT2D eigenvalue weighted by molar-refractivity contribution is 6.04. The van der Waals surface area contributed by atoms with Gasteiger partial charge in [0.15, 0.2) is 0 Å². The summed E-state index contributed by atoms with van der Waals surface area (Å²) in [7, 11) is 0. The molecule has 196 valence electrons. The zero-order valence-corrected chi connectivity index (χ0v) is 20.8. The van der Waals surface area contributed by atoms with Gasteiger partial charge in [-0.1, -0.05) is 19.9 Å².